The van der Waals surface area contributed by atoms with Gasteiger partial charge < -0.3 is 14.7 Å². The van der Waals surface area contributed by atoms with Crippen LogP contribution in [0.5, 0.6) is 0 Å². The van der Waals surface area contributed by atoms with Crippen LogP contribution in [0.25, 0.3) is 0 Å². The second kappa shape index (κ2) is 5.45. The topological polar surface area (TPSA) is 77.8 Å². The maximum atomic E-state index is 11.3. The molecule has 0 saturated carbocycles. The van der Waals surface area contributed by atoms with Crippen molar-refractivity contribution in [1.29, 1.82) is 0 Å². The maximum absolute atomic E-state index is 11.3. The van der Waals surface area contributed by atoms with E-state index in [2.05, 4.69) is 6.58 Å². The van der Waals surface area contributed by atoms with E-state index in [0.717, 1.165) is 0 Å². The quantitative estimate of drug-likeness (QED) is 0.550. The first-order valence-electron chi connectivity index (χ1n) is 4.62. The molecule has 88 valence electrons. The van der Waals surface area contributed by atoms with Gasteiger partial charge in [-0.15, -0.1) is 0 Å². The third-order valence-corrected chi connectivity index (χ3v) is 3.57. The average Bonchev–Trinajstić information content (AvgIpc) is 2.10. The summed E-state index contributed by atoms with van der Waals surface area (Å²) < 4.78 is 10.8. The third kappa shape index (κ3) is 5.11. The molecule has 1 unspecified atom stereocenters. The number of carbonyl (C=O) groups excluding carboxylic acids is 1. The van der Waals surface area contributed by atoms with Crippen molar-refractivity contribution in [3.8, 4) is 0 Å². The van der Waals surface area contributed by atoms with Gasteiger partial charge in [0.05, 0.1) is 5.66 Å². The Hall–Kier alpha value is -0.640. The Morgan fingerprint density at radius 3 is 2.33 bits per heavy atom. The van der Waals surface area contributed by atoms with Crippen molar-refractivity contribution in [2.75, 3.05) is 13.6 Å². The molecule has 0 aliphatic heterocycles. The highest BCUT2D eigenvalue weighted by Crippen LogP contribution is 2.42. The summed E-state index contributed by atoms with van der Waals surface area (Å²) in [5.41, 5.74) is -0.306. The van der Waals surface area contributed by atoms with Gasteiger partial charge in [0.25, 0.3) is 0 Å². The van der Waals surface area contributed by atoms with Crippen molar-refractivity contribution >= 4 is 13.5 Å². The number of likely N-dealkylation sites (N-methyl/N-ethyl adjacent to an activating group) is 1. The highest BCUT2D eigenvalue weighted by Gasteiger charge is 2.24. The Labute approximate surface area is 89.9 Å². The van der Waals surface area contributed by atoms with Crippen molar-refractivity contribution in [2.24, 2.45) is 0 Å². The van der Waals surface area contributed by atoms with Crippen LogP contribution in [0.2, 0.25) is 0 Å². The van der Waals surface area contributed by atoms with Crippen LogP contribution >= 0.6 is 7.60 Å². The van der Waals surface area contributed by atoms with E-state index in [1.807, 2.05) is 0 Å². The van der Waals surface area contributed by atoms with Gasteiger partial charge in [0.2, 0.25) is 5.91 Å². The van der Waals surface area contributed by atoms with E-state index in [4.69, 9.17) is 9.79 Å². The zero-order valence-corrected chi connectivity index (χ0v) is 10.2. The molecule has 1 amide bonds. The average molecular weight is 235 g/mol. The fraction of sp³-hybridized carbons (Fsp3) is 0.667. The molecule has 1 atom stereocenters. The Morgan fingerprint density at radius 2 is 2.00 bits per heavy atom. The summed E-state index contributed by atoms with van der Waals surface area (Å²) in [7, 11) is -2.44. The van der Waals surface area contributed by atoms with E-state index in [0.29, 0.717) is 12.1 Å². The third-order valence-electron chi connectivity index (χ3n) is 2.17. The van der Waals surface area contributed by atoms with E-state index in [-0.39, 0.29) is 12.3 Å². The lowest BCUT2D eigenvalue weighted by Gasteiger charge is -2.20. The molecule has 0 aliphatic carbocycles. The van der Waals surface area contributed by atoms with Gasteiger partial charge in [-0.25, -0.2) is 0 Å². The Bertz CT molecular complexity index is 296. The van der Waals surface area contributed by atoms with E-state index in [9.17, 15) is 9.36 Å². The van der Waals surface area contributed by atoms with Crippen molar-refractivity contribution < 1.29 is 19.1 Å². The van der Waals surface area contributed by atoms with Crippen molar-refractivity contribution in [2.45, 2.75) is 25.9 Å². The molecule has 2 N–H and O–H groups in total. The monoisotopic (exact) mass is 235 g/mol. The van der Waals surface area contributed by atoms with E-state index in [1.54, 1.807) is 14.0 Å². The van der Waals surface area contributed by atoms with Gasteiger partial charge in [0, 0.05) is 19.2 Å². The Kier molecular flexibility index (Phi) is 5.21. The highest BCUT2D eigenvalue weighted by molar-refractivity contribution is 7.52. The first-order chi connectivity index (χ1) is 6.66. The van der Waals surface area contributed by atoms with Crippen LogP contribution in [0.4, 0.5) is 0 Å². The molecular formula is C9H18NO4P. The summed E-state index contributed by atoms with van der Waals surface area (Å²) in [5, 5.41) is 0. The standard InChI is InChI=1S/C9H18NO4P/c1-7(2)9(11)10(4)6-5-8(3)15(12,13)14/h8H,1,5-6H2,2-4H3,(H2,12,13,14). The van der Waals surface area contributed by atoms with Crippen LogP contribution in [-0.4, -0.2) is 39.8 Å². The first-order valence-corrected chi connectivity index (χ1v) is 6.30. The minimum absolute atomic E-state index is 0.201. The normalized spacial score (nSPS) is 13.4. The van der Waals surface area contributed by atoms with Crippen LogP contribution < -0.4 is 0 Å². The number of amides is 1. The van der Waals surface area contributed by atoms with Gasteiger partial charge in [-0.2, -0.15) is 0 Å². The Morgan fingerprint density at radius 1 is 1.53 bits per heavy atom. The van der Waals surface area contributed by atoms with Gasteiger partial charge in [-0.1, -0.05) is 13.5 Å². The summed E-state index contributed by atoms with van der Waals surface area (Å²) in [6.45, 7) is 6.90. The van der Waals surface area contributed by atoms with Gasteiger partial charge in [0.1, 0.15) is 0 Å². The van der Waals surface area contributed by atoms with E-state index in [1.165, 1.54) is 11.8 Å². The largest absolute Gasteiger partial charge is 0.342 e. The number of nitrogens with zero attached hydrogens (tertiary/aromatic N) is 1. The minimum atomic E-state index is -4.03. The number of hydrogen-bond acceptors (Lipinski definition) is 2. The molecule has 0 heterocycles. The smallest absolute Gasteiger partial charge is 0.328 e. The molecule has 0 aromatic rings. The van der Waals surface area contributed by atoms with Crippen LogP contribution in [0.1, 0.15) is 20.3 Å². The molecule has 6 heteroatoms. The second-order valence-corrected chi connectivity index (χ2v) is 5.79. The fourth-order valence-corrected chi connectivity index (χ4v) is 1.43. The summed E-state index contributed by atoms with van der Waals surface area (Å²) >= 11 is 0. The molecule has 5 nitrogen and oxygen atoms in total. The molecule has 0 spiro atoms. The van der Waals surface area contributed by atoms with Crippen molar-refractivity contribution in [3.63, 3.8) is 0 Å². The SMILES string of the molecule is C=C(C)C(=O)N(C)CCC(C)P(=O)(O)O. The summed E-state index contributed by atoms with van der Waals surface area (Å²) in [5.74, 6) is -0.201. The predicted octanol–water partition coefficient (Wildman–Crippen LogP) is 0.977. The number of hydrogen-bond donors (Lipinski definition) is 2. The van der Waals surface area contributed by atoms with E-state index < -0.39 is 13.3 Å². The first kappa shape index (κ1) is 14.4. The van der Waals surface area contributed by atoms with Gasteiger partial charge in [-0.05, 0) is 13.3 Å². The van der Waals surface area contributed by atoms with Gasteiger partial charge in [-0.3, -0.25) is 9.36 Å². The van der Waals surface area contributed by atoms with E-state index >= 15 is 0 Å². The van der Waals surface area contributed by atoms with Crippen molar-refractivity contribution in [3.05, 3.63) is 12.2 Å². The summed E-state index contributed by atoms with van der Waals surface area (Å²) in [4.78, 5) is 30.4. The molecule has 0 radical (unpaired) electrons. The number of rotatable bonds is 5. The zero-order valence-electron chi connectivity index (χ0n) is 9.30. The van der Waals surface area contributed by atoms with Gasteiger partial charge in [0.15, 0.2) is 0 Å². The fourth-order valence-electron chi connectivity index (χ4n) is 0.976. The van der Waals surface area contributed by atoms with Crippen LogP contribution in [0.3, 0.4) is 0 Å². The minimum Gasteiger partial charge on any atom is -0.342 e. The Balaban J connectivity index is 4.13. The van der Waals surface area contributed by atoms with Crippen LogP contribution in [-0.2, 0) is 9.36 Å². The lowest BCUT2D eigenvalue weighted by atomic mass is 10.2. The molecule has 0 fully saturated rings. The highest BCUT2D eigenvalue weighted by atomic mass is 31.2. The molecule has 0 saturated heterocycles. The van der Waals surface area contributed by atoms with Gasteiger partial charge >= 0.3 is 7.60 Å². The summed E-state index contributed by atoms with van der Waals surface area (Å²) in [6, 6.07) is 0. The lowest BCUT2D eigenvalue weighted by molar-refractivity contribution is -0.125. The molecular weight excluding hydrogens is 217 g/mol. The van der Waals surface area contributed by atoms with Crippen LogP contribution in [0, 0.1) is 0 Å². The zero-order chi connectivity index (χ0) is 12.2. The van der Waals surface area contributed by atoms with Crippen LogP contribution in [0.15, 0.2) is 12.2 Å². The maximum Gasteiger partial charge on any atom is 0.328 e. The molecule has 0 rings (SSSR count). The molecule has 0 aromatic carbocycles. The molecule has 0 aromatic heterocycles. The lowest BCUT2D eigenvalue weighted by Crippen LogP contribution is -2.29. The van der Waals surface area contributed by atoms with Crippen molar-refractivity contribution in [1.82, 2.24) is 4.90 Å². The summed E-state index contributed by atoms with van der Waals surface area (Å²) in [6.07, 6.45) is 0.278. The number of carbonyl (C=O) groups is 1. The molecule has 15 heavy (non-hydrogen) atoms. The molecule has 0 bridgehead atoms. The predicted molar refractivity (Wildman–Crippen MR) is 58.6 cm³/mol. The second-order valence-electron chi connectivity index (χ2n) is 3.73. The molecule has 0 aliphatic rings.